The van der Waals surface area contributed by atoms with Gasteiger partial charge in [-0.05, 0) is 12.5 Å². The molecule has 0 radical (unpaired) electrons. The summed E-state index contributed by atoms with van der Waals surface area (Å²) >= 11 is 0. The standard InChI is InChI=1S/C12H15NO2/c1-9-10(2)13(15-12(9)14)8-11-6-4-3-5-7-11/h3-7,9-10H,8H2,1-2H3. The Kier molecular flexibility index (Phi) is 2.73. The second-order valence-corrected chi connectivity index (χ2v) is 4.00. The van der Waals surface area contributed by atoms with E-state index in [2.05, 4.69) is 0 Å². The molecule has 1 aromatic carbocycles. The average Bonchev–Trinajstić information content (AvgIpc) is 2.48. The third-order valence-corrected chi connectivity index (χ3v) is 2.94. The number of hydrogen-bond acceptors (Lipinski definition) is 3. The molecule has 1 heterocycles. The monoisotopic (exact) mass is 205 g/mol. The highest BCUT2D eigenvalue weighted by Crippen LogP contribution is 2.23. The summed E-state index contributed by atoms with van der Waals surface area (Å²) in [5.74, 6) is -0.160. The molecule has 1 saturated heterocycles. The molecule has 2 atom stereocenters. The van der Waals surface area contributed by atoms with Crippen molar-refractivity contribution in [3.8, 4) is 0 Å². The van der Waals surface area contributed by atoms with Gasteiger partial charge >= 0.3 is 5.97 Å². The van der Waals surface area contributed by atoms with Crippen molar-refractivity contribution in [3.63, 3.8) is 0 Å². The van der Waals surface area contributed by atoms with E-state index in [1.807, 2.05) is 44.2 Å². The third-order valence-electron chi connectivity index (χ3n) is 2.94. The van der Waals surface area contributed by atoms with Crippen LogP contribution < -0.4 is 0 Å². The lowest BCUT2D eigenvalue weighted by Gasteiger charge is -2.18. The Hall–Kier alpha value is -1.35. The minimum atomic E-state index is -0.126. The number of benzene rings is 1. The molecule has 3 heteroatoms. The van der Waals surface area contributed by atoms with Gasteiger partial charge in [-0.15, -0.1) is 5.06 Å². The fourth-order valence-corrected chi connectivity index (χ4v) is 1.67. The first-order valence-electron chi connectivity index (χ1n) is 5.21. The van der Waals surface area contributed by atoms with E-state index in [0.29, 0.717) is 6.54 Å². The zero-order chi connectivity index (χ0) is 10.8. The predicted molar refractivity (Wildman–Crippen MR) is 56.7 cm³/mol. The molecule has 1 aliphatic rings. The van der Waals surface area contributed by atoms with Gasteiger partial charge in [0.15, 0.2) is 0 Å². The lowest BCUT2D eigenvalue weighted by atomic mass is 10.1. The molecule has 1 aliphatic heterocycles. The van der Waals surface area contributed by atoms with Gasteiger partial charge in [0, 0.05) is 0 Å². The summed E-state index contributed by atoms with van der Waals surface area (Å²) in [6.07, 6.45) is 0. The molecular formula is C12H15NO2. The minimum absolute atomic E-state index is 0.0336. The van der Waals surface area contributed by atoms with Crippen molar-refractivity contribution >= 4 is 5.97 Å². The van der Waals surface area contributed by atoms with Crippen LogP contribution in [0.15, 0.2) is 30.3 Å². The summed E-state index contributed by atoms with van der Waals surface area (Å²) < 4.78 is 0. The number of carbonyl (C=O) groups excluding carboxylic acids is 1. The Labute approximate surface area is 89.6 Å². The molecule has 1 fully saturated rings. The molecule has 0 spiro atoms. The lowest BCUT2D eigenvalue weighted by Crippen LogP contribution is -2.27. The van der Waals surface area contributed by atoms with Crippen LogP contribution in [0.4, 0.5) is 0 Å². The second-order valence-electron chi connectivity index (χ2n) is 4.00. The number of rotatable bonds is 2. The highest BCUT2D eigenvalue weighted by atomic mass is 16.7. The van der Waals surface area contributed by atoms with Gasteiger partial charge in [0.25, 0.3) is 0 Å². The molecule has 15 heavy (non-hydrogen) atoms. The summed E-state index contributed by atoms with van der Waals surface area (Å²) in [6, 6.07) is 10.2. The fourth-order valence-electron chi connectivity index (χ4n) is 1.67. The van der Waals surface area contributed by atoms with Crippen molar-refractivity contribution in [2.75, 3.05) is 0 Å². The van der Waals surface area contributed by atoms with E-state index in [1.54, 1.807) is 5.06 Å². The molecule has 2 unspecified atom stereocenters. The smallest absolute Gasteiger partial charge is 0.329 e. The topological polar surface area (TPSA) is 29.5 Å². The zero-order valence-electron chi connectivity index (χ0n) is 9.01. The molecule has 0 aromatic heterocycles. The van der Waals surface area contributed by atoms with Gasteiger partial charge in [0.05, 0.1) is 18.5 Å². The summed E-state index contributed by atoms with van der Waals surface area (Å²) in [5.41, 5.74) is 1.16. The summed E-state index contributed by atoms with van der Waals surface area (Å²) in [5, 5.41) is 1.75. The summed E-state index contributed by atoms with van der Waals surface area (Å²) in [6.45, 7) is 4.58. The molecule has 1 aromatic rings. The molecular weight excluding hydrogens is 190 g/mol. The Morgan fingerprint density at radius 3 is 2.47 bits per heavy atom. The molecule has 3 nitrogen and oxygen atoms in total. The van der Waals surface area contributed by atoms with Crippen LogP contribution in [0.25, 0.3) is 0 Å². The Bertz CT molecular complexity index is 350. The van der Waals surface area contributed by atoms with Gasteiger partial charge < -0.3 is 4.84 Å². The average molecular weight is 205 g/mol. The van der Waals surface area contributed by atoms with Crippen LogP contribution in [-0.2, 0) is 16.2 Å². The molecule has 80 valence electrons. The van der Waals surface area contributed by atoms with Crippen LogP contribution >= 0.6 is 0 Å². The van der Waals surface area contributed by atoms with Crippen molar-refractivity contribution < 1.29 is 9.63 Å². The first-order valence-corrected chi connectivity index (χ1v) is 5.21. The number of hydroxylamine groups is 2. The highest BCUT2D eigenvalue weighted by molar-refractivity contribution is 5.74. The number of nitrogens with zero attached hydrogens (tertiary/aromatic N) is 1. The third kappa shape index (κ3) is 2.02. The van der Waals surface area contributed by atoms with Crippen LogP contribution in [0.3, 0.4) is 0 Å². The van der Waals surface area contributed by atoms with E-state index in [1.165, 1.54) is 0 Å². The van der Waals surface area contributed by atoms with Crippen LogP contribution in [0, 0.1) is 5.92 Å². The Morgan fingerprint density at radius 2 is 1.93 bits per heavy atom. The molecule has 0 bridgehead atoms. The normalized spacial score (nSPS) is 26.7. The maximum absolute atomic E-state index is 11.3. The maximum Gasteiger partial charge on any atom is 0.329 e. The Balaban J connectivity index is 2.05. The van der Waals surface area contributed by atoms with E-state index in [4.69, 9.17) is 4.84 Å². The van der Waals surface area contributed by atoms with E-state index in [-0.39, 0.29) is 17.9 Å². The molecule has 0 aliphatic carbocycles. The van der Waals surface area contributed by atoms with Crippen LogP contribution in [0.5, 0.6) is 0 Å². The van der Waals surface area contributed by atoms with E-state index >= 15 is 0 Å². The van der Waals surface area contributed by atoms with Crippen molar-refractivity contribution in [2.24, 2.45) is 5.92 Å². The van der Waals surface area contributed by atoms with E-state index < -0.39 is 0 Å². The zero-order valence-corrected chi connectivity index (χ0v) is 9.01. The van der Waals surface area contributed by atoms with Crippen molar-refractivity contribution in [2.45, 2.75) is 26.4 Å². The molecule has 0 N–H and O–H groups in total. The number of carbonyl (C=O) groups is 1. The SMILES string of the molecule is CC1C(=O)ON(Cc2ccccc2)C1C. The van der Waals surface area contributed by atoms with E-state index in [9.17, 15) is 4.79 Å². The van der Waals surface area contributed by atoms with Gasteiger partial charge in [-0.3, -0.25) is 0 Å². The van der Waals surface area contributed by atoms with Crippen molar-refractivity contribution in [3.05, 3.63) is 35.9 Å². The second kappa shape index (κ2) is 4.03. The van der Waals surface area contributed by atoms with Crippen molar-refractivity contribution in [1.82, 2.24) is 5.06 Å². The van der Waals surface area contributed by atoms with Gasteiger partial charge in [-0.1, -0.05) is 37.3 Å². The number of hydrogen-bond donors (Lipinski definition) is 0. The van der Waals surface area contributed by atoms with Crippen LogP contribution in [0.2, 0.25) is 0 Å². The minimum Gasteiger partial charge on any atom is -0.367 e. The van der Waals surface area contributed by atoms with Gasteiger partial charge in [-0.2, -0.15) is 0 Å². The van der Waals surface area contributed by atoms with E-state index in [0.717, 1.165) is 5.56 Å². The van der Waals surface area contributed by atoms with Gasteiger partial charge in [0.1, 0.15) is 0 Å². The fraction of sp³-hybridized carbons (Fsp3) is 0.417. The van der Waals surface area contributed by atoms with Crippen molar-refractivity contribution in [1.29, 1.82) is 0 Å². The molecule has 0 saturated carbocycles. The largest absolute Gasteiger partial charge is 0.367 e. The van der Waals surface area contributed by atoms with Gasteiger partial charge in [-0.25, -0.2) is 4.79 Å². The molecule has 2 rings (SSSR count). The highest BCUT2D eigenvalue weighted by Gasteiger charge is 2.36. The molecule has 0 amide bonds. The summed E-state index contributed by atoms with van der Waals surface area (Å²) in [7, 11) is 0. The predicted octanol–water partition coefficient (Wildman–Crippen LogP) is 1.99. The quantitative estimate of drug-likeness (QED) is 0.739. The van der Waals surface area contributed by atoms with Crippen LogP contribution in [0.1, 0.15) is 19.4 Å². The lowest BCUT2D eigenvalue weighted by molar-refractivity contribution is -0.177. The first-order chi connectivity index (χ1) is 7.18. The van der Waals surface area contributed by atoms with Crippen LogP contribution in [-0.4, -0.2) is 17.1 Å². The maximum atomic E-state index is 11.3. The van der Waals surface area contributed by atoms with Gasteiger partial charge in [0.2, 0.25) is 0 Å². The Morgan fingerprint density at radius 1 is 1.27 bits per heavy atom. The first kappa shape index (κ1) is 10.2. The summed E-state index contributed by atoms with van der Waals surface area (Å²) in [4.78, 5) is 16.5.